The van der Waals surface area contributed by atoms with Crippen molar-refractivity contribution in [3.05, 3.63) is 66.4 Å². The van der Waals surface area contributed by atoms with Gasteiger partial charge in [-0.3, -0.25) is 4.79 Å². The number of aromatic nitrogens is 2. The minimum Gasteiger partial charge on any atom is -0.493 e. The number of nitrogens with two attached hydrogens (primary N) is 1. The third-order valence-corrected chi connectivity index (χ3v) is 3.26. The number of nitrogens with zero attached hydrogens (tertiary/aromatic N) is 2. The average Bonchev–Trinajstić information content (AvgIpc) is 2.56. The number of rotatable bonds is 3. The minimum atomic E-state index is -0.507. The lowest BCUT2D eigenvalue weighted by atomic mass is 10.1. The van der Waals surface area contributed by atoms with Gasteiger partial charge < -0.3 is 16.2 Å². The minimum absolute atomic E-state index is 0.0377. The second-order valence-electron chi connectivity index (χ2n) is 4.87. The van der Waals surface area contributed by atoms with Crippen LogP contribution < -0.4 is 11.1 Å². The lowest BCUT2D eigenvalue weighted by Crippen LogP contribution is -2.13. The topological polar surface area (TPSA) is 101 Å². The summed E-state index contributed by atoms with van der Waals surface area (Å²) >= 11 is 0. The third-order valence-electron chi connectivity index (χ3n) is 3.26. The molecule has 6 nitrogen and oxygen atoms in total. The molecule has 0 bridgehead atoms. The van der Waals surface area contributed by atoms with Gasteiger partial charge in [0.1, 0.15) is 5.56 Å². The summed E-state index contributed by atoms with van der Waals surface area (Å²) in [7, 11) is 0. The average molecular weight is 306 g/mol. The lowest BCUT2D eigenvalue weighted by Gasteiger charge is -2.08. The smallest absolute Gasteiger partial charge is 0.262 e. The summed E-state index contributed by atoms with van der Waals surface area (Å²) in [5.41, 5.74) is 7.93. The molecule has 6 heteroatoms. The largest absolute Gasteiger partial charge is 0.493 e. The van der Waals surface area contributed by atoms with Gasteiger partial charge in [0, 0.05) is 11.9 Å². The fraction of sp³-hybridized carbons (Fsp3) is 0. The molecular weight excluding hydrogens is 292 g/mol. The van der Waals surface area contributed by atoms with Crippen molar-refractivity contribution in [3.8, 4) is 17.0 Å². The van der Waals surface area contributed by atoms with E-state index in [1.165, 1.54) is 6.20 Å². The van der Waals surface area contributed by atoms with Crippen molar-refractivity contribution in [3.63, 3.8) is 0 Å². The fourth-order valence-electron chi connectivity index (χ4n) is 2.15. The number of carbonyl (C=O) groups is 1. The molecule has 3 rings (SSSR count). The first-order chi connectivity index (χ1) is 11.1. The van der Waals surface area contributed by atoms with Crippen LogP contribution >= 0.6 is 0 Å². The molecule has 0 saturated carbocycles. The van der Waals surface area contributed by atoms with E-state index in [9.17, 15) is 9.90 Å². The maximum Gasteiger partial charge on any atom is 0.262 e. The zero-order valence-corrected chi connectivity index (χ0v) is 12.1. The molecule has 0 atom stereocenters. The summed E-state index contributed by atoms with van der Waals surface area (Å²) in [5, 5.41) is 12.4. The number of hydrogen-bond donors (Lipinski definition) is 3. The Bertz CT molecular complexity index is 850. The summed E-state index contributed by atoms with van der Waals surface area (Å²) < 4.78 is 0. The highest BCUT2D eigenvalue weighted by molar-refractivity contribution is 6.05. The van der Waals surface area contributed by atoms with Crippen molar-refractivity contribution in [1.29, 1.82) is 0 Å². The molecule has 0 aliphatic rings. The van der Waals surface area contributed by atoms with E-state index in [1.54, 1.807) is 6.07 Å². The second kappa shape index (κ2) is 6.15. The highest BCUT2D eigenvalue weighted by Gasteiger charge is 2.14. The number of carbonyl (C=O) groups excluding carboxylic acids is 1. The van der Waals surface area contributed by atoms with Crippen LogP contribution in [0, 0.1) is 0 Å². The Hall–Kier alpha value is -3.41. The van der Waals surface area contributed by atoms with Gasteiger partial charge in [-0.05, 0) is 23.3 Å². The summed E-state index contributed by atoms with van der Waals surface area (Å²) in [6, 6.07) is 17.2. The van der Waals surface area contributed by atoms with Crippen LogP contribution in [0.15, 0.2) is 60.8 Å². The van der Waals surface area contributed by atoms with E-state index in [0.29, 0.717) is 5.69 Å². The SMILES string of the molecule is Nc1ncc(C(=O)Nc2cccc(-c3ccccc3)c2)c(O)n1. The van der Waals surface area contributed by atoms with Crippen molar-refractivity contribution in [1.82, 2.24) is 9.97 Å². The molecule has 0 fully saturated rings. The number of benzene rings is 2. The number of aromatic hydroxyl groups is 1. The molecule has 1 aromatic heterocycles. The number of nitrogens with one attached hydrogen (secondary N) is 1. The zero-order chi connectivity index (χ0) is 16.2. The van der Waals surface area contributed by atoms with Crippen LogP contribution in [0.2, 0.25) is 0 Å². The quantitative estimate of drug-likeness (QED) is 0.690. The summed E-state index contributed by atoms with van der Waals surface area (Å²) in [5.74, 6) is -1.05. The van der Waals surface area contributed by atoms with E-state index in [-0.39, 0.29) is 11.5 Å². The monoisotopic (exact) mass is 306 g/mol. The van der Waals surface area contributed by atoms with Gasteiger partial charge in [0.2, 0.25) is 11.8 Å². The molecule has 114 valence electrons. The van der Waals surface area contributed by atoms with Crippen molar-refractivity contribution < 1.29 is 9.90 Å². The lowest BCUT2D eigenvalue weighted by molar-refractivity contribution is 0.102. The summed E-state index contributed by atoms with van der Waals surface area (Å²) in [4.78, 5) is 19.5. The van der Waals surface area contributed by atoms with Crippen molar-refractivity contribution >= 4 is 17.5 Å². The molecule has 1 heterocycles. The first kappa shape index (κ1) is 14.5. The Morgan fingerprint density at radius 2 is 1.78 bits per heavy atom. The molecule has 3 aromatic rings. The van der Waals surface area contributed by atoms with Crippen LogP contribution in [0.1, 0.15) is 10.4 Å². The zero-order valence-electron chi connectivity index (χ0n) is 12.1. The Balaban J connectivity index is 1.84. The molecular formula is C17H14N4O2. The Morgan fingerprint density at radius 3 is 2.52 bits per heavy atom. The number of amides is 1. The van der Waals surface area contributed by atoms with E-state index in [4.69, 9.17) is 5.73 Å². The van der Waals surface area contributed by atoms with Crippen molar-refractivity contribution in [2.45, 2.75) is 0 Å². The molecule has 0 aliphatic carbocycles. The Labute approximate surface area is 132 Å². The summed E-state index contributed by atoms with van der Waals surface area (Å²) in [6.07, 6.45) is 1.19. The second-order valence-corrected chi connectivity index (χ2v) is 4.87. The van der Waals surface area contributed by atoms with Crippen molar-refractivity contribution in [2.75, 3.05) is 11.1 Å². The highest BCUT2D eigenvalue weighted by Crippen LogP contribution is 2.23. The molecule has 0 saturated heterocycles. The van der Waals surface area contributed by atoms with Crippen LogP contribution in [0.3, 0.4) is 0 Å². The number of hydrogen-bond acceptors (Lipinski definition) is 5. The highest BCUT2D eigenvalue weighted by atomic mass is 16.3. The first-order valence-corrected chi connectivity index (χ1v) is 6.92. The third kappa shape index (κ3) is 3.26. The van der Waals surface area contributed by atoms with Gasteiger partial charge in [0.15, 0.2) is 0 Å². The molecule has 0 spiro atoms. The van der Waals surface area contributed by atoms with Gasteiger partial charge in [-0.1, -0.05) is 42.5 Å². The van der Waals surface area contributed by atoms with Crippen LogP contribution in [-0.2, 0) is 0 Å². The van der Waals surface area contributed by atoms with Crippen LogP contribution in [0.25, 0.3) is 11.1 Å². The molecule has 23 heavy (non-hydrogen) atoms. The molecule has 0 radical (unpaired) electrons. The van der Waals surface area contributed by atoms with Gasteiger partial charge >= 0.3 is 0 Å². The normalized spacial score (nSPS) is 10.3. The number of anilines is 2. The maximum absolute atomic E-state index is 12.2. The molecule has 2 aromatic carbocycles. The van der Waals surface area contributed by atoms with Crippen LogP contribution in [-0.4, -0.2) is 21.0 Å². The van der Waals surface area contributed by atoms with Crippen LogP contribution in [0.4, 0.5) is 11.6 Å². The van der Waals surface area contributed by atoms with E-state index < -0.39 is 11.8 Å². The van der Waals surface area contributed by atoms with Gasteiger partial charge in [-0.25, -0.2) is 4.98 Å². The van der Waals surface area contributed by atoms with Crippen LogP contribution in [0.5, 0.6) is 5.88 Å². The van der Waals surface area contributed by atoms with E-state index >= 15 is 0 Å². The van der Waals surface area contributed by atoms with E-state index in [2.05, 4.69) is 15.3 Å². The fourth-order valence-corrected chi connectivity index (χ4v) is 2.15. The van der Waals surface area contributed by atoms with Crippen molar-refractivity contribution in [2.24, 2.45) is 0 Å². The predicted octanol–water partition coefficient (Wildman–Crippen LogP) is 2.68. The van der Waals surface area contributed by atoms with Gasteiger partial charge in [0.25, 0.3) is 5.91 Å². The molecule has 0 aliphatic heterocycles. The maximum atomic E-state index is 12.2. The van der Waals surface area contributed by atoms with E-state index in [0.717, 1.165) is 11.1 Å². The van der Waals surface area contributed by atoms with E-state index in [1.807, 2.05) is 48.5 Å². The Kier molecular flexibility index (Phi) is 3.88. The molecule has 0 unspecified atom stereocenters. The Morgan fingerprint density at radius 1 is 1.04 bits per heavy atom. The van der Waals surface area contributed by atoms with Gasteiger partial charge in [0.05, 0.1) is 0 Å². The molecule has 1 amide bonds. The number of nitrogen functional groups attached to an aromatic ring is 1. The molecule has 4 N–H and O–H groups in total. The summed E-state index contributed by atoms with van der Waals surface area (Å²) in [6.45, 7) is 0. The van der Waals surface area contributed by atoms with Gasteiger partial charge in [-0.2, -0.15) is 4.98 Å². The standard InChI is InChI=1S/C17H14N4O2/c18-17-19-10-14(16(23)21-17)15(22)20-13-8-4-7-12(9-13)11-5-2-1-3-6-11/h1-10H,(H,20,22)(H3,18,19,21,23). The van der Waals surface area contributed by atoms with Gasteiger partial charge in [-0.15, -0.1) is 0 Å². The first-order valence-electron chi connectivity index (χ1n) is 6.92. The predicted molar refractivity (Wildman–Crippen MR) is 87.9 cm³/mol.